The number of allylic oxidation sites excluding steroid dienone is 18. The second-order valence-corrected chi connectivity index (χ2v) is 20.9. The van der Waals surface area contributed by atoms with Gasteiger partial charge in [-0.15, -0.1) is 0 Å². The molecule has 0 spiro atoms. The first kappa shape index (κ1) is 72.1. The number of carbonyl (C=O) groups excluding carboxylic acids is 3. The third-order valence-corrected chi connectivity index (χ3v) is 13.5. The lowest BCUT2D eigenvalue weighted by Crippen LogP contribution is -2.30. The number of carbonyl (C=O) groups is 3. The molecule has 0 amide bonds. The molecule has 0 heterocycles. The van der Waals surface area contributed by atoms with Gasteiger partial charge < -0.3 is 14.2 Å². The zero-order chi connectivity index (χ0) is 55.0. The summed E-state index contributed by atoms with van der Waals surface area (Å²) in [7, 11) is 0. The molecular formula is C70H118O6. The van der Waals surface area contributed by atoms with Gasteiger partial charge in [-0.3, -0.25) is 14.4 Å². The van der Waals surface area contributed by atoms with E-state index in [0.29, 0.717) is 19.3 Å². The topological polar surface area (TPSA) is 78.9 Å². The molecule has 0 aliphatic rings. The molecule has 0 radical (unpaired) electrons. The molecule has 1 unspecified atom stereocenters. The molecule has 6 heteroatoms. The van der Waals surface area contributed by atoms with E-state index in [2.05, 4.69) is 130 Å². The van der Waals surface area contributed by atoms with Crippen molar-refractivity contribution in [3.63, 3.8) is 0 Å². The van der Waals surface area contributed by atoms with Gasteiger partial charge in [0.05, 0.1) is 0 Å². The lowest BCUT2D eigenvalue weighted by atomic mass is 10.0. The number of hydrogen-bond acceptors (Lipinski definition) is 6. The van der Waals surface area contributed by atoms with E-state index in [9.17, 15) is 14.4 Å². The Morgan fingerprint density at radius 2 is 0.513 bits per heavy atom. The number of ether oxygens (including phenoxy) is 3. The second-order valence-electron chi connectivity index (χ2n) is 20.9. The molecule has 0 aromatic carbocycles. The van der Waals surface area contributed by atoms with E-state index in [1.54, 1.807) is 0 Å². The van der Waals surface area contributed by atoms with Crippen LogP contribution in [0.4, 0.5) is 0 Å². The molecule has 0 bridgehead atoms. The molecule has 0 aliphatic heterocycles. The Bertz CT molecular complexity index is 1540. The minimum Gasteiger partial charge on any atom is -0.462 e. The van der Waals surface area contributed by atoms with Crippen molar-refractivity contribution in [2.24, 2.45) is 0 Å². The molecule has 6 nitrogen and oxygen atoms in total. The van der Waals surface area contributed by atoms with E-state index < -0.39 is 6.10 Å². The van der Waals surface area contributed by atoms with Gasteiger partial charge >= 0.3 is 17.9 Å². The molecule has 0 saturated carbocycles. The van der Waals surface area contributed by atoms with Gasteiger partial charge in [-0.05, 0) is 128 Å². The van der Waals surface area contributed by atoms with Crippen molar-refractivity contribution < 1.29 is 28.6 Å². The van der Waals surface area contributed by atoms with E-state index in [1.807, 2.05) is 0 Å². The van der Waals surface area contributed by atoms with Crippen LogP contribution >= 0.6 is 0 Å². The van der Waals surface area contributed by atoms with Gasteiger partial charge in [0.15, 0.2) is 6.10 Å². The highest BCUT2D eigenvalue weighted by Gasteiger charge is 2.19. The Labute approximate surface area is 470 Å². The second kappa shape index (κ2) is 63.6. The van der Waals surface area contributed by atoms with E-state index in [0.717, 1.165) is 109 Å². The first-order valence-corrected chi connectivity index (χ1v) is 31.9. The number of esters is 3. The van der Waals surface area contributed by atoms with Gasteiger partial charge in [0.2, 0.25) is 0 Å². The zero-order valence-electron chi connectivity index (χ0n) is 49.7. The third-order valence-electron chi connectivity index (χ3n) is 13.5. The third kappa shape index (κ3) is 60.9. The molecule has 76 heavy (non-hydrogen) atoms. The summed E-state index contributed by atoms with van der Waals surface area (Å²) in [6.45, 7) is 6.48. The summed E-state index contributed by atoms with van der Waals surface area (Å²) in [6, 6.07) is 0. The fourth-order valence-corrected chi connectivity index (χ4v) is 8.71. The maximum absolute atomic E-state index is 12.9. The summed E-state index contributed by atoms with van der Waals surface area (Å²) < 4.78 is 16.9. The number of unbranched alkanes of at least 4 members (excludes halogenated alkanes) is 28. The van der Waals surface area contributed by atoms with Crippen LogP contribution in [-0.4, -0.2) is 37.2 Å². The van der Waals surface area contributed by atoms with Gasteiger partial charge in [0.25, 0.3) is 0 Å². The Kier molecular flexibility index (Phi) is 60.3. The van der Waals surface area contributed by atoms with Crippen LogP contribution in [0.25, 0.3) is 0 Å². The SMILES string of the molecule is CC/C=C\C/C=C\C/C=C\C/C=C\C/C=C\C/C=C\CCCCC(=O)OC(COC(=O)CCCCCCC/C=C\CCCCCCC)COC(=O)CCCCCCCCCCCCC/C=C\C/C=C\CCCCCCC. The monoisotopic (exact) mass is 1050 g/mol. The number of rotatable bonds is 57. The average molecular weight is 1060 g/mol. The van der Waals surface area contributed by atoms with Gasteiger partial charge in [0, 0.05) is 19.3 Å². The van der Waals surface area contributed by atoms with Crippen LogP contribution in [-0.2, 0) is 28.6 Å². The Balaban J connectivity index is 4.44. The van der Waals surface area contributed by atoms with Gasteiger partial charge in [-0.2, -0.15) is 0 Å². The summed E-state index contributed by atoms with van der Waals surface area (Å²) in [6.07, 6.45) is 86.6. The van der Waals surface area contributed by atoms with E-state index >= 15 is 0 Å². The predicted octanol–water partition coefficient (Wildman–Crippen LogP) is 21.8. The molecule has 0 aromatic heterocycles. The summed E-state index contributed by atoms with van der Waals surface area (Å²) in [5, 5.41) is 0. The summed E-state index contributed by atoms with van der Waals surface area (Å²) in [5.41, 5.74) is 0. The number of hydrogen-bond donors (Lipinski definition) is 0. The highest BCUT2D eigenvalue weighted by Crippen LogP contribution is 2.15. The summed E-state index contributed by atoms with van der Waals surface area (Å²) in [5.74, 6) is -0.948. The van der Waals surface area contributed by atoms with Crippen LogP contribution < -0.4 is 0 Å². The predicted molar refractivity (Wildman–Crippen MR) is 330 cm³/mol. The van der Waals surface area contributed by atoms with Gasteiger partial charge in [-0.1, -0.05) is 259 Å². The molecule has 0 rings (SSSR count). The maximum Gasteiger partial charge on any atom is 0.306 e. The van der Waals surface area contributed by atoms with Crippen molar-refractivity contribution >= 4 is 17.9 Å². The zero-order valence-corrected chi connectivity index (χ0v) is 49.7. The van der Waals surface area contributed by atoms with E-state index in [4.69, 9.17) is 14.2 Å². The quantitative estimate of drug-likeness (QED) is 0.0261. The normalized spacial score (nSPS) is 12.8. The lowest BCUT2D eigenvalue weighted by molar-refractivity contribution is -0.167. The first-order valence-electron chi connectivity index (χ1n) is 31.9. The summed E-state index contributed by atoms with van der Waals surface area (Å²) in [4.78, 5) is 38.3. The largest absolute Gasteiger partial charge is 0.462 e. The standard InChI is InChI=1S/C70H118O6/c1-4-7-10-13-16-19-22-25-28-30-32-34-35-37-38-40-42-45-48-51-54-57-60-63-69(72)75-66-67(65-74-68(71)62-59-56-53-50-47-44-27-24-21-18-15-12-9-6-3)76-70(73)64-61-58-55-52-49-46-43-41-39-36-33-31-29-26-23-20-17-14-11-8-5-2/h8,11,17,20,22,24-27,29-30,32-33,36,41,43,49,52,67H,4-7,9-10,12-16,18-19,21,23,28,31,34-35,37-40,42,44-48,50-51,53-66H2,1-3H3/b11-8-,20-17-,25-22-,27-24-,29-26-,32-30-,36-33-,43-41-,52-49-. The maximum atomic E-state index is 12.9. The van der Waals surface area contributed by atoms with Gasteiger partial charge in [-0.25, -0.2) is 0 Å². The van der Waals surface area contributed by atoms with Crippen molar-refractivity contribution in [3.05, 3.63) is 109 Å². The van der Waals surface area contributed by atoms with Crippen molar-refractivity contribution in [3.8, 4) is 0 Å². The Morgan fingerprint density at radius 1 is 0.276 bits per heavy atom. The highest BCUT2D eigenvalue weighted by atomic mass is 16.6. The van der Waals surface area contributed by atoms with Gasteiger partial charge in [0.1, 0.15) is 13.2 Å². The molecule has 0 aromatic rings. The lowest BCUT2D eigenvalue weighted by Gasteiger charge is -2.18. The molecule has 1 atom stereocenters. The average Bonchev–Trinajstić information content (AvgIpc) is 3.42. The molecule has 0 aliphatic carbocycles. The van der Waals surface area contributed by atoms with Crippen LogP contribution in [0, 0.1) is 0 Å². The van der Waals surface area contributed by atoms with E-state index in [1.165, 1.54) is 141 Å². The molecule has 0 N–H and O–H groups in total. The highest BCUT2D eigenvalue weighted by molar-refractivity contribution is 5.71. The van der Waals surface area contributed by atoms with Crippen molar-refractivity contribution in [2.45, 2.75) is 303 Å². The van der Waals surface area contributed by atoms with Crippen LogP contribution in [0.5, 0.6) is 0 Å². The Hall–Kier alpha value is -3.93. The minimum absolute atomic E-state index is 0.0999. The Morgan fingerprint density at radius 3 is 0.842 bits per heavy atom. The van der Waals surface area contributed by atoms with Crippen LogP contribution in [0.2, 0.25) is 0 Å². The fraction of sp³-hybridized carbons (Fsp3) is 0.700. The van der Waals surface area contributed by atoms with E-state index in [-0.39, 0.29) is 37.5 Å². The molecular weight excluding hydrogens is 937 g/mol. The molecule has 0 saturated heterocycles. The molecule has 0 fully saturated rings. The van der Waals surface area contributed by atoms with Crippen LogP contribution in [0.3, 0.4) is 0 Å². The van der Waals surface area contributed by atoms with Crippen LogP contribution in [0.15, 0.2) is 109 Å². The smallest absolute Gasteiger partial charge is 0.306 e. The molecule has 434 valence electrons. The summed E-state index contributed by atoms with van der Waals surface area (Å²) >= 11 is 0. The van der Waals surface area contributed by atoms with Crippen molar-refractivity contribution in [1.29, 1.82) is 0 Å². The van der Waals surface area contributed by atoms with Crippen molar-refractivity contribution in [1.82, 2.24) is 0 Å². The minimum atomic E-state index is -0.808. The van der Waals surface area contributed by atoms with Crippen LogP contribution in [0.1, 0.15) is 297 Å². The van der Waals surface area contributed by atoms with Crippen molar-refractivity contribution in [2.75, 3.05) is 13.2 Å². The first-order chi connectivity index (χ1) is 37.5. The fourth-order valence-electron chi connectivity index (χ4n) is 8.71.